The van der Waals surface area contributed by atoms with Crippen LogP contribution in [0.2, 0.25) is 0 Å². The summed E-state index contributed by atoms with van der Waals surface area (Å²) in [4.78, 5) is 11.7. The van der Waals surface area contributed by atoms with Crippen LogP contribution in [0, 0.1) is 6.92 Å². The maximum absolute atomic E-state index is 11.7. The van der Waals surface area contributed by atoms with Crippen molar-refractivity contribution in [1.29, 1.82) is 0 Å². The van der Waals surface area contributed by atoms with E-state index in [1.165, 1.54) is 0 Å². The van der Waals surface area contributed by atoms with Crippen molar-refractivity contribution in [1.82, 2.24) is 5.32 Å². The van der Waals surface area contributed by atoms with Crippen LogP contribution in [0.1, 0.15) is 23.0 Å². The van der Waals surface area contributed by atoms with Crippen molar-refractivity contribution in [2.24, 2.45) is 0 Å². The van der Waals surface area contributed by atoms with Gasteiger partial charge in [-0.1, -0.05) is 11.6 Å². The predicted octanol–water partition coefficient (Wildman–Crippen LogP) is 1.85. The number of aryl methyl sites for hydroxylation is 1. The maximum Gasteiger partial charge on any atom is 0.287 e. The molecule has 0 aliphatic carbocycles. The lowest BCUT2D eigenvalue weighted by molar-refractivity contribution is 0.0899. The molecule has 0 saturated carbocycles. The van der Waals surface area contributed by atoms with Gasteiger partial charge in [-0.15, -0.1) is 0 Å². The van der Waals surface area contributed by atoms with Gasteiger partial charge in [0.05, 0.1) is 6.10 Å². The molecule has 1 unspecified atom stereocenters. The molecule has 0 bridgehead atoms. The Balaban J connectivity index is 2.21. The summed E-state index contributed by atoms with van der Waals surface area (Å²) < 4.78 is 5.42. The Bertz CT molecular complexity index is 543. The van der Waals surface area contributed by atoms with Crippen molar-refractivity contribution in [3.05, 3.63) is 35.6 Å². The van der Waals surface area contributed by atoms with Gasteiger partial charge in [-0.3, -0.25) is 4.79 Å². The number of carbonyl (C=O) groups excluding carboxylic acids is 1. The highest BCUT2D eigenvalue weighted by Gasteiger charge is 2.12. The fourth-order valence-electron chi connectivity index (χ4n) is 1.60. The lowest BCUT2D eigenvalue weighted by Gasteiger charge is -2.04. The molecule has 1 aromatic carbocycles. The second kappa shape index (κ2) is 4.59. The highest BCUT2D eigenvalue weighted by atomic mass is 16.3. The number of nitrogens with one attached hydrogen (secondary N) is 1. The van der Waals surface area contributed by atoms with Crippen molar-refractivity contribution in [2.75, 3.05) is 6.54 Å². The molecule has 0 fully saturated rings. The molecule has 4 nitrogen and oxygen atoms in total. The molecule has 0 spiro atoms. The summed E-state index contributed by atoms with van der Waals surface area (Å²) in [5.41, 5.74) is 1.81. The minimum atomic E-state index is -0.564. The van der Waals surface area contributed by atoms with E-state index in [0.717, 1.165) is 10.9 Å². The molecule has 1 amide bonds. The van der Waals surface area contributed by atoms with E-state index in [4.69, 9.17) is 9.52 Å². The van der Waals surface area contributed by atoms with Crippen molar-refractivity contribution in [3.63, 3.8) is 0 Å². The second-order valence-corrected chi connectivity index (χ2v) is 4.21. The predicted molar refractivity (Wildman–Crippen MR) is 65.0 cm³/mol. The average Bonchev–Trinajstić information content (AvgIpc) is 2.68. The fraction of sp³-hybridized carbons (Fsp3) is 0.308. The molecule has 1 aromatic heterocycles. The van der Waals surface area contributed by atoms with E-state index in [-0.39, 0.29) is 18.2 Å². The molecule has 1 heterocycles. The Morgan fingerprint density at radius 2 is 2.24 bits per heavy atom. The number of amides is 1. The van der Waals surface area contributed by atoms with Gasteiger partial charge in [0.1, 0.15) is 5.58 Å². The van der Waals surface area contributed by atoms with Crippen LogP contribution in [-0.2, 0) is 0 Å². The Hall–Kier alpha value is -1.81. The van der Waals surface area contributed by atoms with Crippen molar-refractivity contribution >= 4 is 16.9 Å². The smallest absolute Gasteiger partial charge is 0.287 e. The lowest BCUT2D eigenvalue weighted by atomic mass is 10.2. The van der Waals surface area contributed by atoms with Crippen LogP contribution in [0.25, 0.3) is 11.0 Å². The standard InChI is InChI=1S/C13H15NO3/c1-8-3-4-11-10(5-8)6-12(17-11)13(16)14-7-9(2)15/h3-6,9,15H,7H2,1-2H3,(H,14,16). The molecule has 1 atom stereocenters. The van der Waals surface area contributed by atoms with Gasteiger partial charge in [0.15, 0.2) is 5.76 Å². The van der Waals surface area contributed by atoms with Crippen molar-refractivity contribution in [3.8, 4) is 0 Å². The van der Waals surface area contributed by atoms with Crippen LogP contribution in [0.3, 0.4) is 0 Å². The molecule has 17 heavy (non-hydrogen) atoms. The van der Waals surface area contributed by atoms with Gasteiger partial charge in [0.25, 0.3) is 5.91 Å². The Morgan fingerprint density at radius 3 is 2.94 bits per heavy atom. The summed E-state index contributed by atoms with van der Waals surface area (Å²) in [7, 11) is 0. The van der Waals surface area contributed by atoms with E-state index in [1.54, 1.807) is 13.0 Å². The number of rotatable bonds is 3. The number of furan rings is 1. The molecule has 2 aromatic rings. The molecule has 90 valence electrons. The topological polar surface area (TPSA) is 62.5 Å². The molecule has 4 heteroatoms. The summed E-state index contributed by atoms with van der Waals surface area (Å²) in [6.45, 7) is 3.82. The molecule has 0 saturated heterocycles. The largest absolute Gasteiger partial charge is 0.451 e. The number of hydrogen-bond donors (Lipinski definition) is 2. The first-order valence-electron chi connectivity index (χ1n) is 5.53. The third kappa shape index (κ3) is 2.65. The zero-order valence-corrected chi connectivity index (χ0v) is 9.86. The molecule has 0 aliphatic heterocycles. The van der Waals surface area contributed by atoms with Crippen LogP contribution in [0.5, 0.6) is 0 Å². The second-order valence-electron chi connectivity index (χ2n) is 4.21. The third-order valence-corrected chi connectivity index (χ3v) is 2.45. The lowest BCUT2D eigenvalue weighted by Crippen LogP contribution is -2.30. The minimum Gasteiger partial charge on any atom is -0.451 e. The van der Waals surface area contributed by atoms with Gasteiger partial charge >= 0.3 is 0 Å². The average molecular weight is 233 g/mol. The van der Waals surface area contributed by atoms with Gasteiger partial charge in [-0.05, 0) is 32.0 Å². The number of aliphatic hydroxyl groups excluding tert-OH is 1. The zero-order valence-electron chi connectivity index (χ0n) is 9.86. The zero-order chi connectivity index (χ0) is 12.4. The molecular formula is C13H15NO3. The van der Waals surface area contributed by atoms with Crippen LogP contribution in [0.15, 0.2) is 28.7 Å². The first-order chi connectivity index (χ1) is 8.06. The van der Waals surface area contributed by atoms with Crippen LogP contribution < -0.4 is 5.32 Å². The van der Waals surface area contributed by atoms with E-state index < -0.39 is 6.10 Å². The number of benzene rings is 1. The van der Waals surface area contributed by atoms with E-state index >= 15 is 0 Å². The molecule has 2 N–H and O–H groups in total. The summed E-state index contributed by atoms with van der Waals surface area (Å²) in [5, 5.41) is 12.6. The number of hydrogen-bond acceptors (Lipinski definition) is 3. The van der Waals surface area contributed by atoms with Gasteiger partial charge in [-0.2, -0.15) is 0 Å². The van der Waals surface area contributed by atoms with Gasteiger partial charge in [0.2, 0.25) is 0 Å². The first-order valence-corrected chi connectivity index (χ1v) is 5.53. The van der Waals surface area contributed by atoms with Crippen molar-refractivity contribution in [2.45, 2.75) is 20.0 Å². The Morgan fingerprint density at radius 1 is 1.47 bits per heavy atom. The highest BCUT2D eigenvalue weighted by molar-refractivity contribution is 5.96. The quantitative estimate of drug-likeness (QED) is 0.850. The number of carbonyl (C=O) groups is 1. The third-order valence-electron chi connectivity index (χ3n) is 2.45. The first kappa shape index (κ1) is 11.7. The van der Waals surface area contributed by atoms with Crippen molar-refractivity contribution < 1.29 is 14.3 Å². The number of fused-ring (bicyclic) bond motifs is 1. The highest BCUT2D eigenvalue weighted by Crippen LogP contribution is 2.20. The van der Waals surface area contributed by atoms with Gasteiger partial charge < -0.3 is 14.8 Å². The SMILES string of the molecule is Cc1ccc2oc(C(=O)NCC(C)O)cc2c1. The summed E-state index contributed by atoms with van der Waals surface area (Å²) in [6, 6.07) is 7.45. The van der Waals surface area contributed by atoms with E-state index in [9.17, 15) is 4.79 Å². The molecule has 0 radical (unpaired) electrons. The summed E-state index contributed by atoms with van der Waals surface area (Å²) in [5.74, 6) is -0.0361. The normalized spacial score (nSPS) is 12.6. The van der Waals surface area contributed by atoms with Crippen LogP contribution in [-0.4, -0.2) is 23.7 Å². The number of aliphatic hydroxyl groups is 1. The molecule has 0 aliphatic rings. The van der Waals surface area contributed by atoms with E-state index in [1.807, 2.05) is 25.1 Å². The Kier molecular flexibility index (Phi) is 3.15. The fourth-order valence-corrected chi connectivity index (χ4v) is 1.60. The minimum absolute atomic E-state index is 0.217. The van der Waals surface area contributed by atoms with Gasteiger partial charge in [0, 0.05) is 11.9 Å². The summed E-state index contributed by atoms with van der Waals surface area (Å²) >= 11 is 0. The van der Waals surface area contributed by atoms with Gasteiger partial charge in [-0.25, -0.2) is 0 Å². The van der Waals surface area contributed by atoms with Crippen LogP contribution >= 0.6 is 0 Å². The molecular weight excluding hydrogens is 218 g/mol. The Labute approximate surface area is 99.2 Å². The van der Waals surface area contributed by atoms with Crippen LogP contribution in [0.4, 0.5) is 0 Å². The molecule has 2 rings (SSSR count). The maximum atomic E-state index is 11.7. The van der Waals surface area contributed by atoms with E-state index in [2.05, 4.69) is 5.32 Å². The van der Waals surface area contributed by atoms with E-state index in [0.29, 0.717) is 5.58 Å². The monoisotopic (exact) mass is 233 g/mol. The summed E-state index contributed by atoms with van der Waals surface area (Å²) in [6.07, 6.45) is -0.564.